The van der Waals surface area contributed by atoms with Crippen LogP contribution in [0.25, 0.3) is 0 Å². The molecule has 0 aliphatic carbocycles. The fraction of sp³-hybridized carbons (Fsp3) is 0.478. The van der Waals surface area contributed by atoms with Gasteiger partial charge in [0, 0.05) is 19.3 Å². The summed E-state index contributed by atoms with van der Waals surface area (Å²) in [6.45, 7) is 2.45. The Morgan fingerprint density at radius 2 is 1.00 bits per heavy atom. The number of nitrogens with one attached hydrogen (secondary N) is 8. The number of primary amides is 1. The summed E-state index contributed by atoms with van der Waals surface area (Å²) in [6, 6.07) is 4.79. The molecule has 2 aromatic rings. The molecular weight excluding hydrogens is 949 g/mol. The number of carboxylic acids is 3. The minimum absolute atomic E-state index is 0.129. The first kappa shape index (κ1) is 60.1. The summed E-state index contributed by atoms with van der Waals surface area (Å²) in [6.07, 6.45) is -3.01. The second kappa shape index (κ2) is 30.6. The predicted molar refractivity (Wildman–Crippen MR) is 252 cm³/mol. The molecule has 0 aromatic heterocycles. The van der Waals surface area contributed by atoms with Crippen molar-refractivity contribution in [3.8, 4) is 0 Å². The van der Waals surface area contributed by atoms with E-state index in [4.69, 9.17) is 11.5 Å². The Labute approximate surface area is 413 Å². The normalized spacial score (nSPS) is 14.6. The molecule has 2 aromatic carbocycles. The molecule has 2 rings (SSSR count). The van der Waals surface area contributed by atoms with Crippen LogP contribution in [0.3, 0.4) is 0 Å². The standard InChI is InChI=1S/C46H64N10O16/c1-4-24(2)38(56-39(64)28(47)19-26-11-7-5-8-12-26)45(70)53-30(16-18-37(62)63)42(67)55-32(21-34(48)58)40(65)49-22-35(59)51-33(23-57)44(69)52-29(15-17-36(60)61)41(66)54-31(20-27-13-9-6-10-14-27)43(68)50-25(3)46(71)72/h5-14,24-25,28-33,38,57H,4,15-23,47H2,1-3H3,(H2,48,58)(H,49,65)(H,50,68)(H,51,59)(H,52,69)(H,53,70)(H,54,66)(H,55,67)(H,56,64)(H,60,61)(H,62,63)(H,71,72)/t24-,25-,28-,29-,30-,31-,32-,33-,38-/m0/s1. The highest BCUT2D eigenvalue weighted by molar-refractivity contribution is 5.98. The Morgan fingerprint density at radius 3 is 1.47 bits per heavy atom. The third-order valence-corrected chi connectivity index (χ3v) is 10.9. The summed E-state index contributed by atoms with van der Waals surface area (Å²) in [5.41, 5.74) is 12.7. The maximum atomic E-state index is 13.7. The van der Waals surface area contributed by atoms with Crippen molar-refractivity contribution in [1.82, 2.24) is 42.5 Å². The molecule has 0 heterocycles. The van der Waals surface area contributed by atoms with E-state index in [2.05, 4.69) is 42.5 Å². The molecule has 0 fully saturated rings. The van der Waals surface area contributed by atoms with Crippen LogP contribution in [0.5, 0.6) is 0 Å². The van der Waals surface area contributed by atoms with Crippen LogP contribution in [-0.4, -0.2) is 153 Å². The van der Waals surface area contributed by atoms with Gasteiger partial charge in [-0.1, -0.05) is 80.9 Å². The first-order chi connectivity index (χ1) is 33.9. The zero-order valence-electron chi connectivity index (χ0n) is 39.9. The number of benzene rings is 2. The zero-order chi connectivity index (χ0) is 54.1. The van der Waals surface area contributed by atoms with E-state index in [9.17, 15) is 78.0 Å². The predicted octanol–water partition coefficient (Wildman–Crippen LogP) is -3.94. The second-order valence-electron chi connectivity index (χ2n) is 16.7. The highest BCUT2D eigenvalue weighted by Crippen LogP contribution is 2.12. The smallest absolute Gasteiger partial charge is 0.325 e. The minimum atomic E-state index is -1.85. The Balaban J connectivity index is 2.20. The molecule has 9 amide bonds. The van der Waals surface area contributed by atoms with Gasteiger partial charge in [0.15, 0.2) is 0 Å². The van der Waals surface area contributed by atoms with Crippen molar-refractivity contribution in [2.75, 3.05) is 13.2 Å². The Bertz CT molecular complexity index is 2230. The molecule has 72 heavy (non-hydrogen) atoms. The van der Waals surface area contributed by atoms with Crippen molar-refractivity contribution in [1.29, 1.82) is 0 Å². The van der Waals surface area contributed by atoms with Gasteiger partial charge >= 0.3 is 17.9 Å². The molecule has 16 N–H and O–H groups in total. The van der Waals surface area contributed by atoms with Gasteiger partial charge < -0.3 is 74.4 Å². The molecule has 9 atom stereocenters. The van der Waals surface area contributed by atoms with Crippen LogP contribution in [0.15, 0.2) is 60.7 Å². The molecule has 0 aliphatic rings. The minimum Gasteiger partial charge on any atom is -0.481 e. The van der Waals surface area contributed by atoms with E-state index in [1.807, 2.05) is 0 Å². The number of aliphatic hydroxyl groups is 1. The molecule has 26 nitrogen and oxygen atoms in total. The van der Waals surface area contributed by atoms with Crippen molar-refractivity contribution < 1.29 is 78.0 Å². The van der Waals surface area contributed by atoms with Crippen LogP contribution in [0.1, 0.15) is 70.4 Å². The molecule has 26 heteroatoms. The molecule has 0 spiro atoms. The average Bonchev–Trinajstić information content (AvgIpc) is 3.33. The lowest BCUT2D eigenvalue weighted by atomic mass is 9.96. The third-order valence-electron chi connectivity index (χ3n) is 10.9. The summed E-state index contributed by atoms with van der Waals surface area (Å²) < 4.78 is 0. The lowest BCUT2D eigenvalue weighted by Crippen LogP contribution is -2.60. The van der Waals surface area contributed by atoms with Gasteiger partial charge in [-0.3, -0.25) is 57.5 Å². The first-order valence-corrected chi connectivity index (χ1v) is 22.7. The Hall–Kier alpha value is -8.00. The Kier molecular flexibility index (Phi) is 25.5. The van der Waals surface area contributed by atoms with E-state index in [-0.39, 0.29) is 12.8 Å². The molecule has 0 saturated carbocycles. The number of aliphatic hydroxyl groups excluding tert-OH is 1. The van der Waals surface area contributed by atoms with E-state index < -0.39 is 171 Å². The van der Waals surface area contributed by atoms with Gasteiger partial charge in [-0.15, -0.1) is 0 Å². The number of carbonyl (C=O) groups is 12. The first-order valence-electron chi connectivity index (χ1n) is 22.7. The maximum Gasteiger partial charge on any atom is 0.325 e. The van der Waals surface area contributed by atoms with Crippen molar-refractivity contribution in [2.45, 2.75) is 120 Å². The van der Waals surface area contributed by atoms with Gasteiger partial charge in [-0.2, -0.15) is 0 Å². The van der Waals surface area contributed by atoms with Gasteiger partial charge in [0.25, 0.3) is 0 Å². The van der Waals surface area contributed by atoms with Gasteiger partial charge in [0.05, 0.1) is 25.6 Å². The summed E-state index contributed by atoms with van der Waals surface area (Å²) in [5, 5.41) is 56.3. The number of carbonyl (C=O) groups excluding carboxylic acids is 9. The van der Waals surface area contributed by atoms with Crippen molar-refractivity contribution in [3.05, 3.63) is 71.8 Å². The summed E-state index contributed by atoms with van der Waals surface area (Å²) in [5.74, 6) is -14.2. The number of hydrogen-bond donors (Lipinski definition) is 14. The lowest BCUT2D eigenvalue weighted by Gasteiger charge is -2.28. The number of nitrogens with two attached hydrogens (primary N) is 2. The quantitative estimate of drug-likeness (QED) is 0.0333. The highest BCUT2D eigenvalue weighted by atomic mass is 16.4. The van der Waals surface area contributed by atoms with E-state index in [0.717, 1.165) is 5.56 Å². The molecule has 0 radical (unpaired) electrons. The summed E-state index contributed by atoms with van der Waals surface area (Å²) in [7, 11) is 0. The molecule has 0 saturated heterocycles. The zero-order valence-corrected chi connectivity index (χ0v) is 39.9. The van der Waals surface area contributed by atoms with Crippen LogP contribution in [0.4, 0.5) is 0 Å². The highest BCUT2D eigenvalue weighted by Gasteiger charge is 2.35. The number of carboxylic acid groups (broad SMARTS) is 3. The summed E-state index contributed by atoms with van der Waals surface area (Å²) in [4.78, 5) is 153. The van der Waals surface area contributed by atoms with Gasteiger partial charge in [0.1, 0.15) is 42.3 Å². The van der Waals surface area contributed by atoms with E-state index in [1.165, 1.54) is 6.92 Å². The topological polar surface area (TPSA) is 434 Å². The Morgan fingerprint density at radius 1 is 0.542 bits per heavy atom. The molecule has 0 bridgehead atoms. The van der Waals surface area contributed by atoms with Crippen molar-refractivity contribution in [2.24, 2.45) is 17.4 Å². The largest absolute Gasteiger partial charge is 0.481 e. The molecule has 394 valence electrons. The van der Waals surface area contributed by atoms with Crippen LogP contribution >= 0.6 is 0 Å². The van der Waals surface area contributed by atoms with Crippen LogP contribution in [0, 0.1) is 5.92 Å². The van der Waals surface area contributed by atoms with Gasteiger partial charge in [0.2, 0.25) is 53.2 Å². The van der Waals surface area contributed by atoms with Gasteiger partial charge in [-0.05, 0) is 43.2 Å². The fourth-order valence-electron chi connectivity index (χ4n) is 6.65. The number of hydrogen-bond acceptors (Lipinski definition) is 14. The SMILES string of the molecule is CC[C@H](C)[C@H](NC(=O)[C@@H](N)Cc1ccccc1)C(=O)N[C@@H](CCC(=O)O)C(=O)N[C@@H](CC(N)=O)C(=O)NCC(=O)N[C@@H](CO)C(=O)N[C@@H](CCC(=O)O)C(=O)N[C@@H](Cc1ccccc1)C(=O)N[C@@H](C)C(=O)O. The van der Waals surface area contributed by atoms with E-state index >= 15 is 0 Å². The fourth-order valence-corrected chi connectivity index (χ4v) is 6.65. The number of amides is 9. The maximum absolute atomic E-state index is 13.7. The monoisotopic (exact) mass is 1010 g/mol. The molecular formula is C46H64N10O16. The number of rotatable bonds is 32. The summed E-state index contributed by atoms with van der Waals surface area (Å²) >= 11 is 0. The van der Waals surface area contributed by atoms with Crippen molar-refractivity contribution >= 4 is 71.1 Å². The number of aliphatic carboxylic acids is 3. The van der Waals surface area contributed by atoms with Crippen molar-refractivity contribution in [3.63, 3.8) is 0 Å². The lowest BCUT2D eigenvalue weighted by molar-refractivity contribution is -0.142. The molecule has 0 aliphatic heterocycles. The van der Waals surface area contributed by atoms with Crippen LogP contribution in [0.2, 0.25) is 0 Å². The third kappa shape index (κ3) is 21.7. The van der Waals surface area contributed by atoms with Crippen LogP contribution < -0.4 is 54.0 Å². The van der Waals surface area contributed by atoms with E-state index in [1.54, 1.807) is 74.5 Å². The van der Waals surface area contributed by atoms with Crippen LogP contribution in [-0.2, 0) is 70.4 Å². The van der Waals surface area contributed by atoms with E-state index in [0.29, 0.717) is 12.0 Å². The average molecular weight is 1010 g/mol. The van der Waals surface area contributed by atoms with Gasteiger partial charge in [-0.25, -0.2) is 0 Å². The molecule has 0 unspecified atom stereocenters. The second-order valence-corrected chi connectivity index (χ2v) is 16.7.